The van der Waals surface area contributed by atoms with Gasteiger partial charge in [0.25, 0.3) is 5.91 Å². The number of amides is 1. The van der Waals surface area contributed by atoms with Crippen molar-refractivity contribution in [3.8, 4) is 11.5 Å². The quantitative estimate of drug-likeness (QED) is 0.608. The predicted molar refractivity (Wildman–Crippen MR) is 85.7 cm³/mol. The summed E-state index contributed by atoms with van der Waals surface area (Å²) >= 11 is 5.79. The van der Waals surface area contributed by atoms with Crippen LogP contribution >= 0.6 is 11.6 Å². The highest BCUT2D eigenvalue weighted by Crippen LogP contribution is 2.30. The van der Waals surface area contributed by atoms with Gasteiger partial charge in [-0.1, -0.05) is 11.6 Å². The van der Waals surface area contributed by atoms with E-state index in [-0.39, 0.29) is 33.5 Å². The van der Waals surface area contributed by atoms with E-state index in [1.165, 1.54) is 37.4 Å². The van der Waals surface area contributed by atoms with Gasteiger partial charge in [0.15, 0.2) is 5.75 Å². The lowest BCUT2D eigenvalue weighted by atomic mass is 10.1. The standard InChI is InChI=1S/C15H11ClF2N2O5/c1-24-13-4-2-8(6-11(13)20(22)23)14(21)19-9-3-5-12(10(16)7-9)25-15(17)18/h2-7,15H,1H3,(H,19,21). The number of anilines is 1. The summed E-state index contributed by atoms with van der Waals surface area (Å²) < 4.78 is 33.4. The van der Waals surface area contributed by atoms with Crippen molar-refractivity contribution in [2.45, 2.75) is 6.61 Å². The van der Waals surface area contributed by atoms with Crippen LogP contribution in [0.3, 0.4) is 0 Å². The zero-order chi connectivity index (χ0) is 18.6. The first-order valence-electron chi connectivity index (χ1n) is 6.70. The van der Waals surface area contributed by atoms with E-state index < -0.39 is 17.4 Å². The monoisotopic (exact) mass is 372 g/mol. The Kier molecular flexibility index (Phi) is 5.71. The van der Waals surface area contributed by atoms with Gasteiger partial charge in [-0.05, 0) is 30.3 Å². The van der Waals surface area contributed by atoms with Crippen molar-refractivity contribution in [3.63, 3.8) is 0 Å². The van der Waals surface area contributed by atoms with Gasteiger partial charge in [-0.2, -0.15) is 8.78 Å². The number of ether oxygens (including phenoxy) is 2. The Bertz CT molecular complexity index is 817. The number of carbonyl (C=O) groups is 1. The predicted octanol–water partition coefficient (Wildman–Crippen LogP) is 4.11. The zero-order valence-corrected chi connectivity index (χ0v) is 13.4. The molecule has 1 amide bonds. The van der Waals surface area contributed by atoms with Gasteiger partial charge in [-0.25, -0.2) is 0 Å². The van der Waals surface area contributed by atoms with Crippen LogP contribution in [-0.4, -0.2) is 24.6 Å². The fraction of sp³-hybridized carbons (Fsp3) is 0.133. The number of hydrogen-bond donors (Lipinski definition) is 1. The van der Waals surface area contributed by atoms with Crippen LogP contribution in [0.2, 0.25) is 5.02 Å². The summed E-state index contributed by atoms with van der Waals surface area (Å²) in [5.41, 5.74) is -0.152. The largest absolute Gasteiger partial charge is 0.490 e. The molecule has 0 spiro atoms. The Morgan fingerprint density at radius 1 is 1.24 bits per heavy atom. The van der Waals surface area contributed by atoms with E-state index >= 15 is 0 Å². The van der Waals surface area contributed by atoms with Crippen LogP contribution in [-0.2, 0) is 0 Å². The van der Waals surface area contributed by atoms with Crippen molar-refractivity contribution in [1.29, 1.82) is 0 Å². The molecule has 7 nitrogen and oxygen atoms in total. The molecule has 0 heterocycles. The van der Waals surface area contributed by atoms with E-state index in [2.05, 4.69) is 10.1 Å². The maximum atomic E-state index is 12.2. The van der Waals surface area contributed by atoms with Gasteiger partial charge in [0.2, 0.25) is 0 Å². The van der Waals surface area contributed by atoms with E-state index in [0.717, 1.165) is 6.07 Å². The molecule has 0 aliphatic rings. The first-order valence-corrected chi connectivity index (χ1v) is 7.07. The molecule has 0 unspecified atom stereocenters. The summed E-state index contributed by atoms with van der Waals surface area (Å²) in [5.74, 6) is -0.878. The lowest BCUT2D eigenvalue weighted by Gasteiger charge is -2.10. The number of nitrogens with one attached hydrogen (secondary N) is 1. The van der Waals surface area contributed by atoms with Crippen LogP contribution in [0.4, 0.5) is 20.2 Å². The van der Waals surface area contributed by atoms with Crippen molar-refractivity contribution >= 4 is 28.9 Å². The Morgan fingerprint density at radius 2 is 1.92 bits per heavy atom. The van der Waals surface area contributed by atoms with Crippen molar-refractivity contribution in [2.24, 2.45) is 0 Å². The molecular formula is C15H11ClF2N2O5. The topological polar surface area (TPSA) is 90.7 Å². The number of rotatable bonds is 6. The zero-order valence-electron chi connectivity index (χ0n) is 12.7. The molecule has 0 aliphatic carbocycles. The Balaban J connectivity index is 2.21. The number of nitro groups is 1. The molecule has 0 aromatic heterocycles. The second-order valence-corrected chi connectivity index (χ2v) is 5.03. The van der Waals surface area contributed by atoms with E-state index in [0.29, 0.717) is 0 Å². The Morgan fingerprint density at radius 3 is 2.48 bits per heavy atom. The second-order valence-electron chi connectivity index (χ2n) is 4.62. The average Bonchev–Trinajstić information content (AvgIpc) is 2.56. The number of halogens is 3. The maximum Gasteiger partial charge on any atom is 0.387 e. The molecule has 0 radical (unpaired) electrons. The SMILES string of the molecule is COc1ccc(C(=O)Nc2ccc(OC(F)F)c(Cl)c2)cc1[N+](=O)[O-]. The fourth-order valence-electron chi connectivity index (χ4n) is 1.95. The molecule has 132 valence electrons. The van der Waals surface area contributed by atoms with Crippen LogP contribution in [0.15, 0.2) is 36.4 Å². The maximum absolute atomic E-state index is 12.2. The molecular weight excluding hydrogens is 362 g/mol. The summed E-state index contributed by atoms with van der Waals surface area (Å²) in [6.07, 6.45) is 0. The summed E-state index contributed by atoms with van der Waals surface area (Å²) in [6.45, 7) is -3.03. The summed E-state index contributed by atoms with van der Waals surface area (Å²) in [5, 5.41) is 13.3. The molecule has 2 rings (SSSR count). The number of methoxy groups -OCH3 is 1. The van der Waals surface area contributed by atoms with Gasteiger partial charge >= 0.3 is 12.3 Å². The highest BCUT2D eigenvalue weighted by Gasteiger charge is 2.18. The molecule has 1 N–H and O–H groups in total. The number of hydrogen-bond acceptors (Lipinski definition) is 5. The van der Waals surface area contributed by atoms with E-state index in [4.69, 9.17) is 16.3 Å². The van der Waals surface area contributed by atoms with Crippen molar-refractivity contribution in [2.75, 3.05) is 12.4 Å². The van der Waals surface area contributed by atoms with E-state index in [9.17, 15) is 23.7 Å². The third-order valence-electron chi connectivity index (χ3n) is 3.04. The molecule has 0 bridgehead atoms. The van der Waals surface area contributed by atoms with Crippen LogP contribution < -0.4 is 14.8 Å². The average molecular weight is 373 g/mol. The smallest absolute Gasteiger partial charge is 0.387 e. The van der Waals surface area contributed by atoms with Gasteiger partial charge in [0.05, 0.1) is 17.1 Å². The first-order chi connectivity index (χ1) is 11.8. The third-order valence-corrected chi connectivity index (χ3v) is 3.34. The van der Waals surface area contributed by atoms with Gasteiger partial charge in [0.1, 0.15) is 5.75 Å². The summed E-state index contributed by atoms with van der Waals surface area (Å²) in [7, 11) is 1.27. The Labute approximate surface area is 145 Å². The van der Waals surface area contributed by atoms with Crippen molar-refractivity contribution < 1.29 is 28.0 Å². The highest BCUT2D eigenvalue weighted by atomic mass is 35.5. The van der Waals surface area contributed by atoms with Crippen LogP contribution in [0.5, 0.6) is 11.5 Å². The van der Waals surface area contributed by atoms with E-state index in [1.54, 1.807) is 0 Å². The normalized spacial score (nSPS) is 10.4. The van der Waals surface area contributed by atoms with Crippen molar-refractivity contribution in [3.05, 3.63) is 57.1 Å². The van der Waals surface area contributed by atoms with Crippen LogP contribution in [0.1, 0.15) is 10.4 Å². The molecule has 2 aromatic rings. The molecule has 2 aromatic carbocycles. The number of benzene rings is 2. The van der Waals surface area contributed by atoms with Gasteiger partial charge in [-0.3, -0.25) is 14.9 Å². The summed E-state index contributed by atoms with van der Waals surface area (Å²) in [6, 6.07) is 7.38. The van der Waals surface area contributed by atoms with Gasteiger partial charge < -0.3 is 14.8 Å². The second kappa shape index (κ2) is 7.75. The lowest BCUT2D eigenvalue weighted by molar-refractivity contribution is -0.385. The van der Waals surface area contributed by atoms with Crippen molar-refractivity contribution in [1.82, 2.24) is 0 Å². The van der Waals surface area contributed by atoms with Gasteiger partial charge in [-0.15, -0.1) is 0 Å². The molecule has 0 fully saturated rings. The number of nitro benzene ring substituents is 1. The number of carbonyl (C=O) groups excluding carboxylic acids is 1. The summed E-state index contributed by atoms with van der Waals surface area (Å²) in [4.78, 5) is 22.5. The van der Waals surface area contributed by atoms with Crippen LogP contribution in [0, 0.1) is 10.1 Å². The number of alkyl halides is 2. The highest BCUT2D eigenvalue weighted by molar-refractivity contribution is 6.32. The van der Waals surface area contributed by atoms with E-state index in [1.807, 2.05) is 0 Å². The minimum Gasteiger partial charge on any atom is -0.490 e. The molecule has 0 aliphatic heterocycles. The third kappa shape index (κ3) is 4.54. The first kappa shape index (κ1) is 18.4. The molecule has 10 heteroatoms. The Hall–Kier alpha value is -2.94. The molecule has 25 heavy (non-hydrogen) atoms. The van der Waals surface area contributed by atoms with Crippen LogP contribution in [0.25, 0.3) is 0 Å². The fourth-order valence-corrected chi connectivity index (χ4v) is 2.17. The van der Waals surface area contributed by atoms with Gasteiger partial charge in [0, 0.05) is 17.3 Å². The minimum atomic E-state index is -3.03. The molecule has 0 saturated heterocycles. The molecule has 0 atom stereocenters. The lowest BCUT2D eigenvalue weighted by Crippen LogP contribution is -2.12. The number of nitrogens with zero attached hydrogens (tertiary/aromatic N) is 1. The minimum absolute atomic E-state index is 0.0107. The molecule has 0 saturated carbocycles.